The van der Waals surface area contributed by atoms with Crippen LogP contribution in [0.15, 0.2) is 36.5 Å². The predicted molar refractivity (Wildman–Crippen MR) is 79.5 cm³/mol. The fourth-order valence-electron chi connectivity index (χ4n) is 2.51. The molecule has 0 unspecified atom stereocenters. The molecule has 1 aromatic heterocycles. The van der Waals surface area contributed by atoms with Gasteiger partial charge in [-0.1, -0.05) is 24.6 Å². The zero-order valence-electron chi connectivity index (χ0n) is 11.8. The van der Waals surface area contributed by atoms with Gasteiger partial charge in [-0.05, 0) is 24.6 Å². The quantitative estimate of drug-likeness (QED) is 0.926. The average molecular weight is 326 g/mol. The smallest absolute Gasteiger partial charge is 0.263 e. The average Bonchev–Trinajstić information content (AvgIpc) is 2.82. The molecule has 1 aliphatic carbocycles. The second-order valence-electron chi connectivity index (χ2n) is 5.40. The van der Waals surface area contributed by atoms with Crippen LogP contribution in [0.5, 0.6) is 0 Å². The molecular formula is C15H14ClF2N3O. The highest BCUT2D eigenvalue weighted by Gasteiger charge is 2.74. The molecule has 2 aromatic rings. The molecule has 3 rings (SSSR count). The summed E-state index contributed by atoms with van der Waals surface area (Å²) in [7, 11) is 0. The van der Waals surface area contributed by atoms with Crippen LogP contribution in [-0.4, -0.2) is 21.6 Å². The molecule has 0 saturated heterocycles. The van der Waals surface area contributed by atoms with Crippen molar-refractivity contribution in [3.8, 4) is 5.69 Å². The topological polar surface area (TPSA) is 46.9 Å². The van der Waals surface area contributed by atoms with E-state index < -0.39 is 23.7 Å². The Morgan fingerprint density at radius 1 is 1.45 bits per heavy atom. The molecule has 1 aromatic carbocycles. The summed E-state index contributed by atoms with van der Waals surface area (Å²) in [5, 5.41) is 7.19. The van der Waals surface area contributed by atoms with Gasteiger partial charge in [0.05, 0.1) is 5.69 Å². The second kappa shape index (κ2) is 5.05. The Bertz CT molecular complexity index is 731. The summed E-state index contributed by atoms with van der Waals surface area (Å²) >= 11 is 5.91. The van der Waals surface area contributed by atoms with E-state index in [1.165, 1.54) is 4.68 Å². The monoisotopic (exact) mass is 325 g/mol. The van der Waals surface area contributed by atoms with Crippen LogP contribution in [0.1, 0.15) is 19.8 Å². The molecule has 1 N–H and O–H groups in total. The molecule has 1 fully saturated rings. The summed E-state index contributed by atoms with van der Waals surface area (Å²) in [6, 6.07) is 8.57. The number of benzene rings is 1. The molecule has 1 atom stereocenters. The lowest BCUT2D eigenvalue weighted by atomic mass is 10.0. The molecular weight excluding hydrogens is 312 g/mol. The van der Waals surface area contributed by atoms with Gasteiger partial charge in [0, 0.05) is 23.7 Å². The maximum Gasteiger partial charge on any atom is 0.263 e. The minimum atomic E-state index is -2.93. The van der Waals surface area contributed by atoms with Gasteiger partial charge in [-0.25, -0.2) is 13.5 Å². The highest BCUT2D eigenvalue weighted by atomic mass is 35.5. The molecule has 1 heterocycles. The molecule has 1 saturated carbocycles. The van der Waals surface area contributed by atoms with Crippen LogP contribution in [0.4, 0.5) is 14.6 Å². The summed E-state index contributed by atoms with van der Waals surface area (Å²) in [5.41, 5.74) is -0.873. The third-order valence-electron chi connectivity index (χ3n) is 4.04. The van der Waals surface area contributed by atoms with Gasteiger partial charge in [-0.3, -0.25) is 4.79 Å². The standard InChI is InChI=1S/C15H14ClF2N3O/c1-2-14(9-15(14,17)18)13(22)19-12-6-7-21(20-12)11-5-3-4-10(16)8-11/h3-8H,2,9H2,1H3,(H,19,20,22)/t14-/m1/s1. The summed E-state index contributed by atoms with van der Waals surface area (Å²) in [4.78, 5) is 12.1. The van der Waals surface area contributed by atoms with Gasteiger partial charge in [0.25, 0.3) is 5.92 Å². The minimum absolute atomic E-state index is 0.0981. The van der Waals surface area contributed by atoms with Crippen LogP contribution in [0.3, 0.4) is 0 Å². The maximum atomic E-state index is 13.4. The van der Waals surface area contributed by atoms with E-state index in [9.17, 15) is 13.6 Å². The van der Waals surface area contributed by atoms with Crippen molar-refractivity contribution < 1.29 is 13.6 Å². The molecule has 116 valence electrons. The number of hydrogen-bond acceptors (Lipinski definition) is 2. The van der Waals surface area contributed by atoms with E-state index in [0.717, 1.165) is 5.69 Å². The van der Waals surface area contributed by atoms with Crippen LogP contribution >= 0.6 is 11.6 Å². The van der Waals surface area contributed by atoms with Gasteiger partial charge < -0.3 is 5.32 Å². The molecule has 0 bridgehead atoms. The van der Waals surface area contributed by atoms with E-state index in [0.29, 0.717) is 5.02 Å². The van der Waals surface area contributed by atoms with Crippen LogP contribution in [0.2, 0.25) is 5.02 Å². The Morgan fingerprint density at radius 2 is 2.18 bits per heavy atom. The molecule has 0 radical (unpaired) electrons. The van der Waals surface area contributed by atoms with Gasteiger partial charge in [-0.15, -0.1) is 0 Å². The lowest BCUT2D eigenvalue weighted by molar-refractivity contribution is -0.125. The number of nitrogens with one attached hydrogen (secondary N) is 1. The molecule has 22 heavy (non-hydrogen) atoms. The molecule has 0 aliphatic heterocycles. The number of nitrogens with zero attached hydrogens (tertiary/aromatic N) is 2. The number of hydrogen-bond donors (Lipinski definition) is 1. The minimum Gasteiger partial charge on any atom is -0.309 e. The largest absolute Gasteiger partial charge is 0.309 e. The Labute approximate surface area is 131 Å². The first-order chi connectivity index (χ1) is 10.4. The zero-order valence-corrected chi connectivity index (χ0v) is 12.6. The lowest BCUT2D eigenvalue weighted by Crippen LogP contribution is -2.29. The highest BCUT2D eigenvalue weighted by molar-refractivity contribution is 6.30. The first-order valence-electron chi connectivity index (χ1n) is 6.89. The number of aromatic nitrogens is 2. The van der Waals surface area contributed by atoms with E-state index in [1.807, 2.05) is 0 Å². The zero-order chi connectivity index (χ0) is 16.0. The van der Waals surface area contributed by atoms with Crippen molar-refractivity contribution in [3.63, 3.8) is 0 Å². The Hall–Kier alpha value is -1.95. The number of halogens is 3. The van der Waals surface area contributed by atoms with Gasteiger partial charge in [0.2, 0.25) is 5.91 Å². The first kappa shape index (κ1) is 15.0. The number of alkyl halides is 2. The van der Waals surface area contributed by atoms with Crippen molar-refractivity contribution in [2.24, 2.45) is 5.41 Å². The fraction of sp³-hybridized carbons (Fsp3) is 0.333. The number of carbonyl (C=O) groups excluding carboxylic acids is 1. The molecule has 1 amide bonds. The van der Waals surface area contributed by atoms with E-state index in [-0.39, 0.29) is 12.2 Å². The van der Waals surface area contributed by atoms with Crippen molar-refractivity contribution in [2.45, 2.75) is 25.7 Å². The number of anilines is 1. The summed E-state index contributed by atoms with van der Waals surface area (Å²) < 4.78 is 28.4. The van der Waals surface area contributed by atoms with E-state index in [2.05, 4.69) is 10.4 Å². The van der Waals surface area contributed by atoms with Crippen molar-refractivity contribution in [1.29, 1.82) is 0 Å². The number of carbonyl (C=O) groups is 1. The van der Waals surface area contributed by atoms with Crippen molar-refractivity contribution in [3.05, 3.63) is 41.6 Å². The van der Waals surface area contributed by atoms with Crippen LogP contribution in [0.25, 0.3) is 5.69 Å². The van der Waals surface area contributed by atoms with Gasteiger partial charge >= 0.3 is 0 Å². The summed E-state index contributed by atoms with van der Waals surface area (Å²) in [5.74, 6) is -3.38. The van der Waals surface area contributed by atoms with Crippen molar-refractivity contribution in [1.82, 2.24) is 9.78 Å². The van der Waals surface area contributed by atoms with Crippen molar-refractivity contribution >= 4 is 23.3 Å². The number of amides is 1. The molecule has 1 aliphatic rings. The van der Waals surface area contributed by atoms with Crippen LogP contribution < -0.4 is 5.32 Å². The van der Waals surface area contributed by atoms with E-state index in [4.69, 9.17) is 11.6 Å². The third-order valence-corrected chi connectivity index (χ3v) is 4.28. The Balaban J connectivity index is 1.77. The van der Waals surface area contributed by atoms with Crippen LogP contribution in [-0.2, 0) is 4.79 Å². The predicted octanol–water partition coefficient (Wildman–Crippen LogP) is 3.90. The SMILES string of the molecule is CC[C@]1(C(=O)Nc2ccn(-c3cccc(Cl)c3)n2)CC1(F)F. The van der Waals surface area contributed by atoms with Gasteiger partial charge in [0.15, 0.2) is 5.82 Å². The highest BCUT2D eigenvalue weighted by Crippen LogP contribution is 2.63. The fourth-order valence-corrected chi connectivity index (χ4v) is 2.70. The normalized spacial score (nSPS) is 22.4. The summed E-state index contributed by atoms with van der Waals surface area (Å²) in [6.07, 6.45) is 1.32. The number of rotatable bonds is 4. The Kier molecular flexibility index (Phi) is 3.44. The lowest BCUT2D eigenvalue weighted by Gasteiger charge is -2.12. The molecule has 7 heteroatoms. The van der Waals surface area contributed by atoms with Crippen molar-refractivity contribution in [2.75, 3.05) is 5.32 Å². The second-order valence-corrected chi connectivity index (χ2v) is 5.83. The van der Waals surface area contributed by atoms with Crippen LogP contribution in [0, 0.1) is 5.41 Å². The van der Waals surface area contributed by atoms with E-state index >= 15 is 0 Å². The van der Waals surface area contributed by atoms with E-state index in [1.54, 1.807) is 43.5 Å². The molecule has 0 spiro atoms. The van der Waals surface area contributed by atoms with Gasteiger partial charge in [0.1, 0.15) is 5.41 Å². The summed E-state index contributed by atoms with van der Waals surface area (Å²) in [6.45, 7) is 1.59. The maximum absolute atomic E-state index is 13.4. The Morgan fingerprint density at radius 3 is 2.77 bits per heavy atom. The molecule has 4 nitrogen and oxygen atoms in total. The first-order valence-corrected chi connectivity index (χ1v) is 7.27. The van der Waals surface area contributed by atoms with Gasteiger partial charge in [-0.2, -0.15) is 5.10 Å². The third kappa shape index (κ3) is 2.37.